The smallest absolute Gasteiger partial charge is 0.0605 e. The number of hydrogen-bond donors (Lipinski definition) is 2. The predicted molar refractivity (Wildman–Crippen MR) is 66.8 cm³/mol. The Labute approximate surface area is 95.3 Å². The van der Waals surface area contributed by atoms with Gasteiger partial charge in [-0.15, -0.1) is 0 Å². The van der Waals surface area contributed by atoms with Crippen molar-refractivity contribution in [1.29, 1.82) is 0 Å². The molecule has 0 spiro atoms. The monoisotopic (exact) mass is 215 g/mol. The molecular formula is C13H29NO. The lowest BCUT2D eigenvalue weighted by molar-refractivity contribution is 0.0316. The first-order valence-corrected chi connectivity index (χ1v) is 6.48. The summed E-state index contributed by atoms with van der Waals surface area (Å²) in [5, 5.41) is 10.0. The fourth-order valence-corrected chi connectivity index (χ4v) is 1.81. The minimum atomic E-state index is -0.228. The normalized spacial score (nSPS) is 17.4. The van der Waals surface area contributed by atoms with Crippen molar-refractivity contribution in [1.82, 2.24) is 0 Å². The topological polar surface area (TPSA) is 46.2 Å². The molecule has 0 saturated carbocycles. The van der Waals surface area contributed by atoms with Crippen molar-refractivity contribution >= 4 is 0 Å². The van der Waals surface area contributed by atoms with E-state index in [1.165, 1.54) is 25.7 Å². The van der Waals surface area contributed by atoms with Crippen LogP contribution in [-0.4, -0.2) is 17.8 Å². The first kappa shape index (κ1) is 14.9. The van der Waals surface area contributed by atoms with Gasteiger partial charge in [0.2, 0.25) is 0 Å². The lowest BCUT2D eigenvalue weighted by Gasteiger charge is -2.32. The van der Waals surface area contributed by atoms with Gasteiger partial charge in [-0.05, 0) is 12.8 Å². The van der Waals surface area contributed by atoms with E-state index in [4.69, 9.17) is 5.73 Å². The van der Waals surface area contributed by atoms with E-state index < -0.39 is 0 Å². The molecular weight excluding hydrogens is 186 g/mol. The number of aliphatic hydroxyl groups is 1. The molecule has 2 atom stereocenters. The van der Waals surface area contributed by atoms with Crippen LogP contribution in [0.2, 0.25) is 0 Å². The molecule has 0 fully saturated rings. The molecule has 2 unspecified atom stereocenters. The molecule has 2 heteroatoms. The molecule has 0 aromatic carbocycles. The van der Waals surface area contributed by atoms with Gasteiger partial charge in [0.15, 0.2) is 0 Å². The summed E-state index contributed by atoms with van der Waals surface area (Å²) in [7, 11) is 0. The van der Waals surface area contributed by atoms with Crippen molar-refractivity contribution in [2.45, 2.75) is 71.8 Å². The Balaban J connectivity index is 3.67. The van der Waals surface area contributed by atoms with Crippen LogP contribution < -0.4 is 5.73 Å². The third-order valence-corrected chi connectivity index (χ3v) is 3.66. The number of unbranched alkanes of at least 4 members (excludes halogenated alkanes) is 4. The van der Waals surface area contributed by atoms with Gasteiger partial charge < -0.3 is 10.8 Å². The van der Waals surface area contributed by atoms with Crippen LogP contribution >= 0.6 is 0 Å². The second-order valence-corrected chi connectivity index (χ2v) is 4.93. The first-order valence-electron chi connectivity index (χ1n) is 6.48. The Bertz CT molecular complexity index is 143. The SMILES string of the molecule is CCCCCCCC(O)C(C)(CC)CN. The molecule has 0 bridgehead atoms. The fourth-order valence-electron chi connectivity index (χ4n) is 1.81. The predicted octanol–water partition coefficient (Wildman–Crippen LogP) is 3.08. The van der Waals surface area contributed by atoms with Gasteiger partial charge in [-0.3, -0.25) is 0 Å². The zero-order valence-corrected chi connectivity index (χ0v) is 10.8. The largest absolute Gasteiger partial charge is 0.393 e. The van der Waals surface area contributed by atoms with Crippen LogP contribution in [0.25, 0.3) is 0 Å². The molecule has 0 aliphatic rings. The molecule has 0 rings (SSSR count). The van der Waals surface area contributed by atoms with E-state index in [1.54, 1.807) is 0 Å². The Morgan fingerprint density at radius 2 is 1.73 bits per heavy atom. The fraction of sp³-hybridized carbons (Fsp3) is 1.00. The zero-order valence-electron chi connectivity index (χ0n) is 10.8. The number of rotatable bonds is 9. The van der Waals surface area contributed by atoms with E-state index in [0.29, 0.717) is 6.54 Å². The summed E-state index contributed by atoms with van der Waals surface area (Å²) in [6, 6.07) is 0. The van der Waals surface area contributed by atoms with Crippen molar-refractivity contribution < 1.29 is 5.11 Å². The third kappa shape index (κ3) is 5.53. The Morgan fingerprint density at radius 3 is 2.20 bits per heavy atom. The van der Waals surface area contributed by atoms with Gasteiger partial charge in [0.25, 0.3) is 0 Å². The molecule has 0 aliphatic heterocycles. The zero-order chi connectivity index (χ0) is 11.7. The first-order chi connectivity index (χ1) is 7.10. The van der Waals surface area contributed by atoms with Gasteiger partial charge in [-0.2, -0.15) is 0 Å². The van der Waals surface area contributed by atoms with Crippen LogP contribution in [0.5, 0.6) is 0 Å². The molecule has 0 aromatic heterocycles. The molecule has 3 N–H and O–H groups in total. The Kier molecular flexibility index (Phi) is 8.07. The van der Waals surface area contributed by atoms with Crippen molar-refractivity contribution in [3.05, 3.63) is 0 Å². The highest BCUT2D eigenvalue weighted by atomic mass is 16.3. The molecule has 0 aliphatic carbocycles. The summed E-state index contributed by atoms with van der Waals surface area (Å²) in [6.45, 7) is 6.99. The van der Waals surface area contributed by atoms with Crippen LogP contribution in [-0.2, 0) is 0 Å². The van der Waals surface area contributed by atoms with Crippen LogP contribution in [0, 0.1) is 5.41 Å². The van der Waals surface area contributed by atoms with E-state index in [9.17, 15) is 5.11 Å². The van der Waals surface area contributed by atoms with Crippen LogP contribution in [0.15, 0.2) is 0 Å². The highest BCUT2D eigenvalue weighted by Crippen LogP contribution is 2.27. The van der Waals surface area contributed by atoms with Crippen molar-refractivity contribution in [3.63, 3.8) is 0 Å². The van der Waals surface area contributed by atoms with Gasteiger partial charge in [0, 0.05) is 12.0 Å². The molecule has 0 radical (unpaired) electrons. The van der Waals surface area contributed by atoms with Crippen LogP contribution in [0.4, 0.5) is 0 Å². The van der Waals surface area contributed by atoms with E-state index in [2.05, 4.69) is 20.8 Å². The highest BCUT2D eigenvalue weighted by molar-refractivity contribution is 4.81. The molecule has 0 saturated heterocycles. The summed E-state index contributed by atoms with van der Waals surface area (Å²) >= 11 is 0. The van der Waals surface area contributed by atoms with E-state index in [0.717, 1.165) is 19.3 Å². The summed E-state index contributed by atoms with van der Waals surface area (Å²) in [5.41, 5.74) is 5.63. The van der Waals surface area contributed by atoms with Crippen LogP contribution in [0.3, 0.4) is 0 Å². The lowest BCUT2D eigenvalue weighted by atomic mass is 9.79. The van der Waals surface area contributed by atoms with Crippen molar-refractivity contribution in [2.75, 3.05) is 6.54 Å². The number of aliphatic hydroxyl groups excluding tert-OH is 1. The average molecular weight is 215 g/mol. The average Bonchev–Trinajstić information content (AvgIpc) is 2.27. The quantitative estimate of drug-likeness (QED) is 0.581. The molecule has 0 heterocycles. The van der Waals surface area contributed by atoms with Gasteiger partial charge in [-0.1, -0.05) is 52.9 Å². The second kappa shape index (κ2) is 8.12. The molecule has 92 valence electrons. The standard InChI is InChI=1S/C13H29NO/c1-4-6-7-8-9-10-12(15)13(3,5-2)11-14/h12,15H,4-11,14H2,1-3H3. The van der Waals surface area contributed by atoms with Crippen molar-refractivity contribution in [2.24, 2.45) is 11.1 Å². The number of hydrogen-bond acceptors (Lipinski definition) is 2. The van der Waals surface area contributed by atoms with Crippen molar-refractivity contribution in [3.8, 4) is 0 Å². The molecule has 0 aromatic rings. The maximum Gasteiger partial charge on any atom is 0.0605 e. The minimum absolute atomic E-state index is 0.0786. The molecule has 2 nitrogen and oxygen atoms in total. The third-order valence-electron chi connectivity index (χ3n) is 3.66. The molecule has 15 heavy (non-hydrogen) atoms. The van der Waals surface area contributed by atoms with Gasteiger partial charge in [0.1, 0.15) is 0 Å². The Hall–Kier alpha value is -0.0800. The van der Waals surface area contributed by atoms with Crippen LogP contribution in [0.1, 0.15) is 65.7 Å². The lowest BCUT2D eigenvalue weighted by Crippen LogP contribution is -2.38. The van der Waals surface area contributed by atoms with E-state index >= 15 is 0 Å². The molecule has 0 amide bonds. The summed E-state index contributed by atoms with van der Waals surface area (Å²) in [6.07, 6.45) is 7.91. The van der Waals surface area contributed by atoms with Gasteiger partial charge in [-0.25, -0.2) is 0 Å². The summed E-state index contributed by atoms with van der Waals surface area (Å²) in [4.78, 5) is 0. The minimum Gasteiger partial charge on any atom is -0.393 e. The van der Waals surface area contributed by atoms with E-state index in [-0.39, 0.29) is 11.5 Å². The second-order valence-electron chi connectivity index (χ2n) is 4.93. The summed E-state index contributed by atoms with van der Waals surface area (Å²) in [5.74, 6) is 0. The van der Waals surface area contributed by atoms with Gasteiger partial charge >= 0.3 is 0 Å². The number of nitrogens with two attached hydrogens (primary N) is 1. The maximum absolute atomic E-state index is 10.0. The summed E-state index contributed by atoms with van der Waals surface area (Å²) < 4.78 is 0. The van der Waals surface area contributed by atoms with Gasteiger partial charge in [0.05, 0.1) is 6.10 Å². The Morgan fingerprint density at radius 1 is 1.13 bits per heavy atom. The van der Waals surface area contributed by atoms with E-state index in [1.807, 2.05) is 0 Å². The maximum atomic E-state index is 10.0. The highest BCUT2D eigenvalue weighted by Gasteiger charge is 2.28.